The molecule has 30 heavy (non-hydrogen) atoms. The lowest BCUT2D eigenvalue weighted by atomic mass is 9.98. The zero-order chi connectivity index (χ0) is 21.6. The highest BCUT2D eigenvalue weighted by molar-refractivity contribution is 7.89. The highest BCUT2D eigenvalue weighted by Crippen LogP contribution is 2.23. The molecule has 1 aliphatic rings. The number of nitrogens with zero attached hydrogens (tertiary/aromatic N) is 2. The SMILES string of the molecule is COc1ccc(NC(=O)C(=O)NCC2CCN(S(=O)(=O)c3cccnc3)CC2)cc1. The molecule has 1 saturated heterocycles. The van der Waals surface area contributed by atoms with Gasteiger partial charge in [0.25, 0.3) is 0 Å². The van der Waals surface area contributed by atoms with Gasteiger partial charge < -0.3 is 15.4 Å². The van der Waals surface area contributed by atoms with Crippen LogP contribution < -0.4 is 15.4 Å². The Balaban J connectivity index is 1.44. The molecule has 0 atom stereocenters. The Morgan fingerprint density at radius 3 is 2.43 bits per heavy atom. The predicted molar refractivity (Wildman–Crippen MR) is 110 cm³/mol. The second kappa shape index (κ2) is 9.68. The maximum Gasteiger partial charge on any atom is 0.313 e. The van der Waals surface area contributed by atoms with Crippen LogP contribution in [-0.4, -0.2) is 56.3 Å². The fourth-order valence-electron chi connectivity index (χ4n) is 3.18. The lowest BCUT2D eigenvalue weighted by Gasteiger charge is -2.31. The summed E-state index contributed by atoms with van der Waals surface area (Å²) in [5.41, 5.74) is 0.491. The summed E-state index contributed by atoms with van der Waals surface area (Å²) >= 11 is 0. The zero-order valence-corrected chi connectivity index (χ0v) is 17.4. The minimum absolute atomic E-state index is 0.100. The van der Waals surface area contributed by atoms with Gasteiger partial charge >= 0.3 is 11.8 Å². The molecule has 10 heteroatoms. The lowest BCUT2D eigenvalue weighted by molar-refractivity contribution is -0.136. The number of aromatic nitrogens is 1. The summed E-state index contributed by atoms with van der Waals surface area (Å²) in [6.45, 7) is 1.03. The van der Waals surface area contributed by atoms with Crippen molar-refractivity contribution < 1.29 is 22.7 Å². The van der Waals surface area contributed by atoms with Gasteiger partial charge in [-0.25, -0.2) is 8.42 Å². The molecule has 2 heterocycles. The molecule has 0 aliphatic carbocycles. The number of rotatable bonds is 6. The van der Waals surface area contributed by atoms with Crippen molar-refractivity contribution in [2.75, 3.05) is 32.1 Å². The van der Waals surface area contributed by atoms with E-state index in [1.807, 2.05) is 0 Å². The van der Waals surface area contributed by atoms with Crippen LogP contribution in [0.1, 0.15) is 12.8 Å². The van der Waals surface area contributed by atoms with E-state index in [9.17, 15) is 18.0 Å². The van der Waals surface area contributed by atoms with Gasteiger partial charge in [0, 0.05) is 37.7 Å². The molecule has 1 aromatic carbocycles. The Hall–Kier alpha value is -2.98. The number of ether oxygens (including phenoxy) is 1. The largest absolute Gasteiger partial charge is 0.497 e. The van der Waals surface area contributed by atoms with Crippen molar-refractivity contribution >= 4 is 27.5 Å². The number of methoxy groups -OCH3 is 1. The summed E-state index contributed by atoms with van der Waals surface area (Å²) in [5, 5.41) is 5.15. The van der Waals surface area contributed by atoms with Gasteiger partial charge in [0.2, 0.25) is 10.0 Å². The van der Waals surface area contributed by atoms with Crippen molar-refractivity contribution in [2.45, 2.75) is 17.7 Å². The van der Waals surface area contributed by atoms with Gasteiger partial charge in [0.15, 0.2) is 0 Å². The van der Waals surface area contributed by atoms with Crippen LogP contribution in [0.15, 0.2) is 53.7 Å². The van der Waals surface area contributed by atoms with Gasteiger partial charge in [-0.15, -0.1) is 0 Å². The Bertz CT molecular complexity index is 972. The topological polar surface area (TPSA) is 118 Å². The van der Waals surface area contributed by atoms with E-state index >= 15 is 0 Å². The van der Waals surface area contributed by atoms with Crippen molar-refractivity contribution in [1.29, 1.82) is 0 Å². The molecule has 2 amide bonds. The highest BCUT2D eigenvalue weighted by atomic mass is 32.2. The molecule has 3 rings (SSSR count). The molecule has 0 bridgehead atoms. The molecule has 2 N–H and O–H groups in total. The first-order valence-electron chi connectivity index (χ1n) is 9.53. The molecule has 1 aromatic heterocycles. The number of pyridine rings is 1. The van der Waals surface area contributed by atoms with Crippen LogP contribution in [0.2, 0.25) is 0 Å². The third kappa shape index (κ3) is 5.33. The summed E-state index contributed by atoms with van der Waals surface area (Å²) in [6, 6.07) is 9.76. The summed E-state index contributed by atoms with van der Waals surface area (Å²) in [7, 11) is -2.02. The van der Waals surface area contributed by atoms with Crippen molar-refractivity contribution in [2.24, 2.45) is 5.92 Å². The van der Waals surface area contributed by atoms with Crippen LogP contribution >= 0.6 is 0 Å². The highest BCUT2D eigenvalue weighted by Gasteiger charge is 2.29. The molecular formula is C20H24N4O5S. The third-order valence-electron chi connectivity index (χ3n) is 4.95. The number of nitrogens with one attached hydrogen (secondary N) is 2. The average molecular weight is 433 g/mol. The fourth-order valence-corrected chi connectivity index (χ4v) is 4.62. The van der Waals surface area contributed by atoms with Gasteiger partial charge in [-0.2, -0.15) is 4.31 Å². The fraction of sp³-hybridized carbons (Fsp3) is 0.350. The van der Waals surface area contributed by atoms with Crippen LogP contribution in [0.25, 0.3) is 0 Å². The maximum atomic E-state index is 12.6. The molecule has 1 fully saturated rings. The van der Waals surface area contributed by atoms with Crippen LogP contribution in [0.4, 0.5) is 5.69 Å². The van der Waals surface area contributed by atoms with E-state index in [1.54, 1.807) is 37.4 Å². The Labute approximate surface area is 175 Å². The summed E-state index contributed by atoms with van der Waals surface area (Å²) in [4.78, 5) is 28.1. The molecule has 0 spiro atoms. The quantitative estimate of drug-likeness (QED) is 0.664. The minimum Gasteiger partial charge on any atom is -0.497 e. The first-order chi connectivity index (χ1) is 14.4. The van der Waals surface area contributed by atoms with Gasteiger partial charge in [-0.3, -0.25) is 14.6 Å². The number of benzene rings is 1. The second-order valence-electron chi connectivity index (χ2n) is 6.93. The van der Waals surface area contributed by atoms with Gasteiger partial charge in [-0.05, 0) is 55.2 Å². The number of piperidine rings is 1. The maximum absolute atomic E-state index is 12.6. The van der Waals surface area contributed by atoms with E-state index in [1.165, 1.54) is 22.8 Å². The van der Waals surface area contributed by atoms with Crippen molar-refractivity contribution in [3.63, 3.8) is 0 Å². The standard InChI is InChI=1S/C20H24N4O5S/c1-29-17-6-4-16(5-7-17)23-20(26)19(25)22-13-15-8-11-24(12-9-15)30(27,28)18-3-2-10-21-14-18/h2-7,10,14-15H,8-9,11-13H2,1H3,(H,22,25)(H,23,26). The third-order valence-corrected chi connectivity index (χ3v) is 6.83. The smallest absolute Gasteiger partial charge is 0.313 e. The van der Waals surface area contributed by atoms with Gasteiger partial charge in [-0.1, -0.05) is 0 Å². The molecule has 9 nitrogen and oxygen atoms in total. The van der Waals surface area contributed by atoms with Crippen LogP contribution in [0.3, 0.4) is 0 Å². The molecule has 0 radical (unpaired) electrons. The number of amides is 2. The molecular weight excluding hydrogens is 408 g/mol. The predicted octanol–water partition coefficient (Wildman–Crippen LogP) is 1.25. The molecule has 160 valence electrons. The van der Waals surface area contributed by atoms with Crippen LogP contribution in [-0.2, 0) is 19.6 Å². The molecule has 0 unspecified atom stereocenters. The average Bonchev–Trinajstić information content (AvgIpc) is 2.78. The van der Waals surface area contributed by atoms with E-state index in [-0.39, 0.29) is 10.8 Å². The number of hydrogen-bond donors (Lipinski definition) is 2. The zero-order valence-electron chi connectivity index (χ0n) is 16.6. The number of carbonyl (C=O) groups excluding carboxylic acids is 2. The monoisotopic (exact) mass is 432 g/mol. The van der Waals surface area contributed by atoms with Crippen molar-refractivity contribution in [3.8, 4) is 5.75 Å². The Morgan fingerprint density at radius 2 is 1.83 bits per heavy atom. The first kappa shape index (κ1) is 21.7. The lowest BCUT2D eigenvalue weighted by Crippen LogP contribution is -2.43. The summed E-state index contributed by atoms with van der Waals surface area (Å²) in [6.07, 6.45) is 4.06. The van der Waals surface area contributed by atoms with Gasteiger partial charge in [0.1, 0.15) is 10.6 Å². The van der Waals surface area contributed by atoms with E-state index < -0.39 is 21.8 Å². The molecule has 0 saturated carbocycles. The summed E-state index contributed by atoms with van der Waals surface area (Å²) in [5.74, 6) is -0.731. The van der Waals surface area contributed by atoms with E-state index in [4.69, 9.17) is 4.74 Å². The van der Waals surface area contributed by atoms with Crippen LogP contribution in [0.5, 0.6) is 5.75 Å². The minimum atomic E-state index is -3.56. The van der Waals surface area contributed by atoms with Gasteiger partial charge in [0.05, 0.1) is 7.11 Å². The normalized spacial score (nSPS) is 15.4. The van der Waals surface area contributed by atoms with E-state index in [0.717, 1.165) is 0 Å². The summed E-state index contributed by atoms with van der Waals surface area (Å²) < 4.78 is 31.7. The Kier molecular flexibility index (Phi) is 7.01. The number of sulfonamides is 1. The molecule has 2 aromatic rings. The molecule has 1 aliphatic heterocycles. The first-order valence-corrected chi connectivity index (χ1v) is 11.0. The van der Waals surface area contributed by atoms with E-state index in [2.05, 4.69) is 15.6 Å². The number of anilines is 1. The van der Waals surface area contributed by atoms with Crippen molar-refractivity contribution in [3.05, 3.63) is 48.8 Å². The Morgan fingerprint density at radius 1 is 1.13 bits per heavy atom. The number of hydrogen-bond acceptors (Lipinski definition) is 6. The second-order valence-corrected chi connectivity index (χ2v) is 8.87. The van der Waals surface area contributed by atoms with Crippen molar-refractivity contribution in [1.82, 2.24) is 14.6 Å². The number of carbonyl (C=O) groups is 2. The van der Waals surface area contributed by atoms with Crippen LogP contribution in [0, 0.1) is 5.92 Å². The van der Waals surface area contributed by atoms with E-state index in [0.29, 0.717) is 43.9 Å².